The Balaban J connectivity index is 1.57. The van der Waals surface area contributed by atoms with E-state index in [1.807, 2.05) is 53.1 Å². The molecule has 1 amide bonds. The standard InChI is InChI=1S/C26H26N4O5S/c1-32-20-10-5-17(6-11-20)25-28-29-26(30(25)19-8-12-21(33-2)13-9-19)36-16-24(31)27-18-7-14-22(34-3)23(15-18)35-4/h5-15H,16H2,1-4H3,(H,27,31). The van der Waals surface area contributed by atoms with Crippen molar-refractivity contribution in [3.8, 4) is 40.1 Å². The third-order valence-corrected chi connectivity index (χ3v) is 6.24. The van der Waals surface area contributed by atoms with Crippen molar-refractivity contribution in [1.29, 1.82) is 0 Å². The van der Waals surface area contributed by atoms with Crippen LogP contribution in [0.1, 0.15) is 0 Å². The zero-order valence-electron chi connectivity index (χ0n) is 20.3. The molecule has 1 N–H and O–H groups in total. The minimum Gasteiger partial charge on any atom is -0.497 e. The van der Waals surface area contributed by atoms with Crippen LogP contribution in [-0.4, -0.2) is 54.9 Å². The number of carbonyl (C=O) groups excluding carboxylic acids is 1. The van der Waals surface area contributed by atoms with E-state index in [9.17, 15) is 4.79 Å². The fourth-order valence-corrected chi connectivity index (χ4v) is 4.25. The molecule has 0 aliphatic carbocycles. The highest BCUT2D eigenvalue weighted by Gasteiger charge is 2.18. The summed E-state index contributed by atoms with van der Waals surface area (Å²) in [6, 6.07) is 20.3. The lowest BCUT2D eigenvalue weighted by molar-refractivity contribution is -0.113. The normalized spacial score (nSPS) is 10.6. The molecule has 0 spiro atoms. The molecule has 4 aromatic rings. The number of hydrogen-bond acceptors (Lipinski definition) is 8. The van der Waals surface area contributed by atoms with Crippen LogP contribution >= 0.6 is 11.8 Å². The Morgan fingerprint density at radius 2 is 1.44 bits per heavy atom. The second kappa shape index (κ2) is 11.5. The lowest BCUT2D eigenvalue weighted by atomic mass is 10.2. The second-order valence-electron chi connectivity index (χ2n) is 7.47. The van der Waals surface area contributed by atoms with Crippen LogP contribution < -0.4 is 24.3 Å². The molecule has 0 unspecified atom stereocenters. The van der Waals surface area contributed by atoms with E-state index in [0.29, 0.717) is 28.2 Å². The quantitative estimate of drug-likeness (QED) is 0.309. The van der Waals surface area contributed by atoms with Crippen molar-refractivity contribution < 1.29 is 23.7 Å². The number of nitrogens with one attached hydrogen (secondary N) is 1. The van der Waals surface area contributed by atoms with Crippen LogP contribution in [0.2, 0.25) is 0 Å². The zero-order valence-corrected chi connectivity index (χ0v) is 21.2. The van der Waals surface area contributed by atoms with Crippen molar-refractivity contribution in [3.05, 3.63) is 66.7 Å². The maximum Gasteiger partial charge on any atom is 0.234 e. The zero-order chi connectivity index (χ0) is 25.5. The summed E-state index contributed by atoms with van der Waals surface area (Å²) in [4.78, 5) is 12.7. The van der Waals surface area contributed by atoms with Crippen LogP contribution in [0.3, 0.4) is 0 Å². The van der Waals surface area contributed by atoms with Crippen LogP contribution in [-0.2, 0) is 4.79 Å². The Bertz CT molecular complexity index is 1320. The van der Waals surface area contributed by atoms with E-state index in [4.69, 9.17) is 18.9 Å². The second-order valence-corrected chi connectivity index (χ2v) is 8.42. The van der Waals surface area contributed by atoms with E-state index in [1.165, 1.54) is 11.8 Å². The number of hydrogen-bond donors (Lipinski definition) is 1. The van der Waals surface area contributed by atoms with Crippen molar-refractivity contribution in [1.82, 2.24) is 14.8 Å². The van der Waals surface area contributed by atoms with Gasteiger partial charge in [0, 0.05) is 23.0 Å². The number of rotatable bonds is 10. The molecule has 9 nitrogen and oxygen atoms in total. The van der Waals surface area contributed by atoms with Crippen molar-refractivity contribution in [3.63, 3.8) is 0 Å². The van der Waals surface area contributed by atoms with Gasteiger partial charge in [-0.25, -0.2) is 0 Å². The molecule has 0 saturated carbocycles. The van der Waals surface area contributed by atoms with Gasteiger partial charge in [0.2, 0.25) is 5.91 Å². The van der Waals surface area contributed by atoms with E-state index < -0.39 is 0 Å². The first-order chi connectivity index (χ1) is 17.6. The summed E-state index contributed by atoms with van der Waals surface area (Å²) in [7, 11) is 6.35. The van der Waals surface area contributed by atoms with Crippen LogP contribution in [0.5, 0.6) is 23.0 Å². The Morgan fingerprint density at radius 1 is 0.806 bits per heavy atom. The smallest absolute Gasteiger partial charge is 0.234 e. The fourth-order valence-electron chi connectivity index (χ4n) is 3.50. The number of thioether (sulfide) groups is 1. The average Bonchev–Trinajstić information content (AvgIpc) is 3.35. The Labute approximate surface area is 213 Å². The Hall–Kier alpha value is -4.18. The molecule has 3 aromatic carbocycles. The van der Waals surface area contributed by atoms with Gasteiger partial charge in [0.1, 0.15) is 11.5 Å². The first-order valence-corrected chi connectivity index (χ1v) is 11.9. The average molecular weight is 507 g/mol. The molecule has 0 aliphatic heterocycles. The van der Waals surface area contributed by atoms with E-state index in [0.717, 1.165) is 22.7 Å². The van der Waals surface area contributed by atoms with Gasteiger partial charge >= 0.3 is 0 Å². The number of benzene rings is 3. The summed E-state index contributed by atoms with van der Waals surface area (Å²) >= 11 is 1.29. The highest BCUT2D eigenvalue weighted by atomic mass is 32.2. The topological polar surface area (TPSA) is 96.7 Å². The summed E-state index contributed by atoms with van der Waals surface area (Å²) in [5, 5.41) is 12.3. The SMILES string of the molecule is COc1ccc(-c2nnc(SCC(=O)Nc3ccc(OC)c(OC)c3)n2-c2ccc(OC)cc2)cc1. The van der Waals surface area contributed by atoms with Gasteiger partial charge in [-0.05, 0) is 60.7 Å². The molecule has 186 valence electrons. The largest absolute Gasteiger partial charge is 0.497 e. The van der Waals surface area contributed by atoms with Gasteiger partial charge in [-0.15, -0.1) is 10.2 Å². The van der Waals surface area contributed by atoms with Crippen LogP contribution in [0.25, 0.3) is 17.1 Å². The third kappa shape index (κ3) is 5.55. The molecule has 1 heterocycles. The minimum absolute atomic E-state index is 0.130. The molecule has 1 aromatic heterocycles. The molecule has 10 heteroatoms. The molecule has 0 radical (unpaired) electrons. The maximum atomic E-state index is 12.7. The Kier molecular flexibility index (Phi) is 7.96. The van der Waals surface area contributed by atoms with Crippen molar-refractivity contribution in [2.75, 3.05) is 39.5 Å². The fraction of sp³-hybridized carbons (Fsp3) is 0.192. The predicted octanol–water partition coefficient (Wildman–Crippen LogP) is 4.70. The molecule has 0 saturated heterocycles. The van der Waals surface area contributed by atoms with E-state index in [-0.39, 0.29) is 11.7 Å². The summed E-state index contributed by atoms with van der Waals surface area (Å²) < 4.78 is 23.0. The maximum absolute atomic E-state index is 12.7. The van der Waals surface area contributed by atoms with Crippen molar-refractivity contribution >= 4 is 23.4 Å². The summed E-state index contributed by atoms with van der Waals surface area (Å²) in [6.45, 7) is 0. The molecule has 0 atom stereocenters. The first-order valence-electron chi connectivity index (χ1n) is 10.9. The molecule has 0 bridgehead atoms. The minimum atomic E-state index is -0.192. The van der Waals surface area contributed by atoms with Crippen LogP contribution in [0.4, 0.5) is 5.69 Å². The number of nitrogens with zero attached hydrogens (tertiary/aromatic N) is 3. The van der Waals surface area contributed by atoms with Crippen molar-refractivity contribution in [2.45, 2.75) is 5.16 Å². The molecule has 0 fully saturated rings. The number of amides is 1. The van der Waals surface area contributed by atoms with Gasteiger partial charge in [-0.1, -0.05) is 11.8 Å². The molecule has 4 rings (SSSR count). The summed E-state index contributed by atoms with van der Waals surface area (Å²) in [5.74, 6) is 3.19. The molecular formula is C26H26N4O5S. The van der Waals surface area contributed by atoms with Crippen LogP contribution in [0, 0.1) is 0 Å². The lowest BCUT2D eigenvalue weighted by Gasteiger charge is -2.12. The van der Waals surface area contributed by atoms with Gasteiger partial charge in [-0.2, -0.15) is 0 Å². The number of anilines is 1. The van der Waals surface area contributed by atoms with Crippen LogP contribution in [0.15, 0.2) is 71.9 Å². The highest BCUT2D eigenvalue weighted by molar-refractivity contribution is 7.99. The van der Waals surface area contributed by atoms with Crippen molar-refractivity contribution in [2.24, 2.45) is 0 Å². The number of ether oxygens (including phenoxy) is 4. The van der Waals surface area contributed by atoms with E-state index >= 15 is 0 Å². The van der Waals surface area contributed by atoms with Gasteiger partial charge in [0.05, 0.1) is 34.2 Å². The summed E-state index contributed by atoms with van der Waals surface area (Å²) in [5.41, 5.74) is 2.31. The predicted molar refractivity (Wildman–Crippen MR) is 139 cm³/mol. The summed E-state index contributed by atoms with van der Waals surface area (Å²) in [6.07, 6.45) is 0. The number of methoxy groups -OCH3 is 4. The van der Waals surface area contributed by atoms with Gasteiger partial charge < -0.3 is 24.3 Å². The molecule has 0 aliphatic rings. The van der Waals surface area contributed by atoms with Gasteiger partial charge in [0.15, 0.2) is 22.5 Å². The monoisotopic (exact) mass is 506 g/mol. The van der Waals surface area contributed by atoms with E-state index in [2.05, 4.69) is 15.5 Å². The molecular weight excluding hydrogens is 480 g/mol. The number of carbonyl (C=O) groups is 1. The number of aromatic nitrogens is 3. The lowest BCUT2D eigenvalue weighted by Crippen LogP contribution is -2.14. The third-order valence-electron chi connectivity index (χ3n) is 5.31. The van der Waals surface area contributed by atoms with E-state index in [1.54, 1.807) is 46.6 Å². The highest BCUT2D eigenvalue weighted by Crippen LogP contribution is 2.31. The van der Waals surface area contributed by atoms with Gasteiger partial charge in [0.25, 0.3) is 0 Å². The molecule has 36 heavy (non-hydrogen) atoms. The van der Waals surface area contributed by atoms with Gasteiger partial charge in [-0.3, -0.25) is 9.36 Å². The Morgan fingerprint density at radius 3 is 2.06 bits per heavy atom. The first kappa shape index (κ1) is 24.9.